The van der Waals surface area contributed by atoms with Crippen molar-refractivity contribution in [3.05, 3.63) is 81.9 Å². The summed E-state index contributed by atoms with van der Waals surface area (Å²) in [5, 5.41) is 11.2. The second kappa shape index (κ2) is 12.4. The summed E-state index contributed by atoms with van der Waals surface area (Å²) < 4.78 is 34.1. The number of ether oxygens (including phenoxy) is 1. The van der Waals surface area contributed by atoms with Crippen LogP contribution in [0.3, 0.4) is 0 Å². The van der Waals surface area contributed by atoms with Crippen LogP contribution in [0.25, 0.3) is 0 Å². The molecule has 0 aliphatic heterocycles. The third kappa shape index (κ3) is 6.69. The van der Waals surface area contributed by atoms with E-state index in [9.17, 15) is 23.3 Å². The van der Waals surface area contributed by atoms with E-state index in [1.165, 1.54) is 25.3 Å². The number of fused-ring (bicyclic) bond motifs is 2. The molecule has 200 valence electrons. The number of para-hydroxylation sites is 1. The smallest absolute Gasteiger partial charge is 0.305 e. The highest BCUT2D eigenvalue weighted by Gasteiger charge is 2.48. The van der Waals surface area contributed by atoms with E-state index in [-0.39, 0.29) is 28.5 Å². The summed E-state index contributed by atoms with van der Waals surface area (Å²) >= 11 is 0. The minimum absolute atomic E-state index is 0.0696. The van der Waals surface area contributed by atoms with Gasteiger partial charge in [0, 0.05) is 24.1 Å². The van der Waals surface area contributed by atoms with Gasteiger partial charge in [-0.25, -0.2) is 13.1 Å². The van der Waals surface area contributed by atoms with Crippen LogP contribution in [0.1, 0.15) is 56.1 Å². The molecule has 4 atom stereocenters. The fourth-order valence-corrected chi connectivity index (χ4v) is 6.97. The van der Waals surface area contributed by atoms with Gasteiger partial charge in [0.15, 0.2) is 0 Å². The third-order valence-electron chi connectivity index (χ3n) is 7.54. The van der Waals surface area contributed by atoms with E-state index in [1.807, 2.05) is 0 Å². The fraction of sp³-hybridized carbons (Fsp3) is 0.414. The summed E-state index contributed by atoms with van der Waals surface area (Å²) in [7, 11) is -2.33. The number of benzene rings is 2. The molecule has 2 fully saturated rings. The maximum absolute atomic E-state index is 13.2. The quantitative estimate of drug-likeness (QED) is 0.114. The van der Waals surface area contributed by atoms with E-state index in [4.69, 9.17) is 0 Å². The lowest BCUT2D eigenvalue weighted by Crippen LogP contribution is -2.43. The van der Waals surface area contributed by atoms with E-state index in [0.29, 0.717) is 29.4 Å². The first-order chi connectivity index (χ1) is 18.3. The van der Waals surface area contributed by atoms with Crippen LogP contribution in [0.4, 0.5) is 5.69 Å². The zero-order valence-corrected chi connectivity index (χ0v) is 22.2. The molecule has 0 amide bonds. The van der Waals surface area contributed by atoms with Crippen molar-refractivity contribution in [3.63, 3.8) is 0 Å². The van der Waals surface area contributed by atoms with Crippen molar-refractivity contribution in [1.82, 2.24) is 4.72 Å². The van der Waals surface area contributed by atoms with Crippen LogP contribution in [-0.2, 0) is 19.6 Å². The van der Waals surface area contributed by atoms with Gasteiger partial charge in [0.2, 0.25) is 10.0 Å². The largest absolute Gasteiger partial charge is 0.469 e. The van der Waals surface area contributed by atoms with E-state index in [2.05, 4.69) is 33.5 Å². The van der Waals surface area contributed by atoms with Crippen molar-refractivity contribution < 1.29 is 22.9 Å². The Morgan fingerprint density at radius 2 is 1.84 bits per heavy atom. The van der Waals surface area contributed by atoms with Gasteiger partial charge in [0.05, 0.1) is 16.9 Å². The molecule has 2 aliphatic carbocycles. The lowest BCUT2D eigenvalue weighted by Gasteiger charge is -2.31. The van der Waals surface area contributed by atoms with Crippen molar-refractivity contribution in [2.75, 3.05) is 7.11 Å². The first-order valence-electron chi connectivity index (χ1n) is 12.9. The van der Waals surface area contributed by atoms with E-state index in [1.54, 1.807) is 30.3 Å². The number of nitro groups is 1. The monoisotopic (exact) mass is 536 g/mol. The Morgan fingerprint density at radius 3 is 2.58 bits per heavy atom. The first kappa shape index (κ1) is 27.6. The molecule has 2 aromatic carbocycles. The maximum atomic E-state index is 13.2. The van der Waals surface area contributed by atoms with Crippen LogP contribution < -0.4 is 4.72 Å². The molecule has 38 heavy (non-hydrogen) atoms. The van der Waals surface area contributed by atoms with Gasteiger partial charge in [0.1, 0.15) is 5.56 Å². The van der Waals surface area contributed by atoms with Gasteiger partial charge in [-0.2, -0.15) is 0 Å². The van der Waals surface area contributed by atoms with Gasteiger partial charge in [-0.05, 0) is 86.6 Å². The molecule has 1 N–H and O–H groups in total. The number of carbonyl (C=O) groups is 1. The zero-order valence-electron chi connectivity index (χ0n) is 21.3. The molecule has 8 nitrogen and oxygen atoms in total. The topological polar surface area (TPSA) is 116 Å². The Labute approximate surface area is 223 Å². The molecule has 0 unspecified atom stereocenters. The summed E-state index contributed by atoms with van der Waals surface area (Å²) in [6.07, 6.45) is 10.2. The highest BCUT2D eigenvalue weighted by molar-refractivity contribution is 7.89. The number of carbonyl (C=O) groups excluding carboxylic acids is 1. The average molecular weight is 537 g/mol. The van der Waals surface area contributed by atoms with Gasteiger partial charge >= 0.3 is 5.97 Å². The minimum atomic E-state index is -3.72. The lowest BCUT2D eigenvalue weighted by molar-refractivity contribution is -0.385. The van der Waals surface area contributed by atoms with Crippen molar-refractivity contribution in [2.45, 2.75) is 55.9 Å². The molecule has 0 spiro atoms. The predicted octanol–water partition coefficient (Wildman–Crippen LogP) is 4.98. The zero-order chi connectivity index (χ0) is 27.1. The number of allylic oxidation sites excluding steroid dienone is 2. The van der Waals surface area contributed by atoms with Gasteiger partial charge in [-0.1, -0.05) is 36.1 Å². The Balaban J connectivity index is 1.39. The average Bonchev–Trinajstić information content (AvgIpc) is 3.52. The number of hydrogen-bond donors (Lipinski definition) is 1. The number of nitrogens with one attached hydrogen (secondary N) is 1. The molecule has 0 radical (unpaired) electrons. The highest BCUT2D eigenvalue weighted by Crippen LogP contribution is 2.50. The predicted molar refractivity (Wildman–Crippen MR) is 144 cm³/mol. The Hall–Kier alpha value is -3.48. The number of rotatable bonds is 10. The molecule has 2 aliphatic rings. The van der Waals surface area contributed by atoms with E-state index >= 15 is 0 Å². The molecule has 2 aromatic rings. The molecule has 4 rings (SSSR count). The number of esters is 1. The van der Waals surface area contributed by atoms with Gasteiger partial charge in [0.25, 0.3) is 5.69 Å². The second-order valence-corrected chi connectivity index (χ2v) is 11.6. The molecular weight excluding hydrogens is 504 g/mol. The summed E-state index contributed by atoms with van der Waals surface area (Å²) in [6.45, 7) is 0. The molecule has 0 heterocycles. The number of sulfonamides is 1. The first-order valence-corrected chi connectivity index (χ1v) is 14.4. The molecule has 0 aromatic heterocycles. The summed E-state index contributed by atoms with van der Waals surface area (Å²) in [6, 6.07) is 12.4. The number of nitro benzene ring substituents is 1. The SMILES string of the molecule is COC(=O)CCC/C=C\C[C@@H]1[C@H]2CC[C@H](C2)[C@H]1NS(=O)(=O)c1ccc(C#Cc2ccccc2[N+](=O)[O-])cc1. The summed E-state index contributed by atoms with van der Waals surface area (Å²) in [4.78, 5) is 22.1. The number of methoxy groups -OCH3 is 1. The lowest BCUT2D eigenvalue weighted by atomic mass is 9.83. The third-order valence-corrected chi connectivity index (χ3v) is 9.02. The number of unbranched alkanes of at least 4 members (excludes halogenated alkanes) is 1. The Kier molecular flexibility index (Phi) is 8.97. The molecular formula is C29H32N2O6S. The normalized spacial score (nSPS) is 22.2. The highest BCUT2D eigenvalue weighted by atomic mass is 32.2. The van der Waals surface area contributed by atoms with Crippen LogP contribution in [0.2, 0.25) is 0 Å². The van der Waals surface area contributed by atoms with Crippen molar-refractivity contribution in [3.8, 4) is 11.8 Å². The maximum Gasteiger partial charge on any atom is 0.305 e. The van der Waals surface area contributed by atoms with Crippen molar-refractivity contribution in [2.24, 2.45) is 17.8 Å². The van der Waals surface area contributed by atoms with Gasteiger partial charge in [-0.3, -0.25) is 14.9 Å². The van der Waals surface area contributed by atoms with Crippen LogP contribution >= 0.6 is 0 Å². The van der Waals surface area contributed by atoms with Gasteiger partial charge in [-0.15, -0.1) is 0 Å². The molecule has 0 saturated heterocycles. The van der Waals surface area contributed by atoms with Crippen LogP contribution in [0.15, 0.2) is 65.6 Å². The van der Waals surface area contributed by atoms with Crippen molar-refractivity contribution >= 4 is 21.7 Å². The van der Waals surface area contributed by atoms with Crippen LogP contribution in [0, 0.1) is 39.7 Å². The van der Waals surface area contributed by atoms with Crippen LogP contribution in [0.5, 0.6) is 0 Å². The molecule has 2 saturated carbocycles. The Bertz CT molecular complexity index is 1360. The second-order valence-electron chi connectivity index (χ2n) is 9.87. The summed E-state index contributed by atoms with van der Waals surface area (Å²) in [5.41, 5.74) is 0.799. The van der Waals surface area contributed by atoms with E-state index < -0.39 is 14.9 Å². The number of hydrogen-bond acceptors (Lipinski definition) is 6. The van der Waals surface area contributed by atoms with Crippen LogP contribution in [-0.4, -0.2) is 32.5 Å². The standard InChI is InChI=1S/C29H32N2O6S/c1-37-28(32)11-5-3-2-4-9-26-23-16-17-24(20-23)29(26)30-38(35,36)25-18-13-21(14-19-25)12-15-22-8-6-7-10-27(22)31(33)34/h2,4,6-8,10,13-14,18-19,23-24,26,29-30H,3,5,9,11,16-17,20H2,1H3/b4-2-/t23-,24+,26+,29+/m0/s1. The fourth-order valence-electron chi connectivity index (χ4n) is 5.61. The Morgan fingerprint density at radius 1 is 1.11 bits per heavy atom. The minimum Gasteiger partial charge on any atom is -0.469 e. The van der Waals surface area contributed by atoms with Crippen molar-refractivity contribution in [1.29, 1.82) is 0 Å². The molecule has 2 bridgehead atoms. The molecule has 9 heteroatoms. The summed E-state index contributed by atoms with van der Waals surface area (Å²) in [5.74, 6) is 6.60. The van der Waals surface area contributed by atoms with Gasteiger partial charge < -0.3 is 4.74 Å². The van der Waals surface area contributed by atoms with E-state index in [0.717, 1.165) is 38.5 Å². The number of nitrogens with zero attached hydrogens (tertiary/aromatic N) is 1.